The van der Waals surface area contributed by atoms with Crippen LogP contribution in [0, 0.1) is 0 Å². The minimum absolute atomic E-state index is 0.654. The van der Waals surface area contributed by atoms with Crippen LogP contribution in [0.25, 0.3) is 0 Å². The topological polar surface area (TPSA) is 44.0 Å². The summed E-state index contributed by atoms with van der Waals surface area (Å²) in [6.07, 6.45) is 4.31. The van der Waals surface area contributed by atoms with Gasteiger partial charge in [-0.25, -0.2) is 0 Å². The monoisotopic (exact) mass is 222 g/mol. The van der Waals surface area contributed by atoms with E-state index >= 15 is 0 Å². The Morgan fingerprint density at radius 1 is 1.62 bits per heavy atom. The molecule has 4 heteroatoms. The fraction of sp³-hybridized carbons (Fsp3) is 0.750. The number of aromatic amines is 1. The van der Waals surface area contributed by atoms with Crippen LogP contribution in [0.15, 0.2) is 12.3 Å². The van der Waals surface area contributed by atoms with E-state index in [2.05, 4.69) is 34.3 Å². The molecule has 16 heavy (non-hydrogen) atoms. The van der Waals surface area contributed by atoms with Crippen LogP contribution in [-0.2, 0) is 6.54 Å². The molecule has 0 aliphatic carbocycles. The van der Waals surface area contributed by atoms with Crippen molar-refractivity contribution in [2.45, 2.75) is 45.3 Å². The molecule has 0 bridgehead atoms. The SMILES string of the molecule is CCN1CCC(NCc2ccn[nH]2)CC1C. The first kappa shape index (κ1) is 11.6. The van der Waals surface area contributed by atoms with Gasteiger partial charge in [0.2, 0.25) is 0 Å². The third-order valence-corrected chi connectivity index (χ3v) is 3.56. The third-order valence-electron chi connectivity index (χ3n) is 3.56. The summed E-state index contributed by atoms with van der Waals surface area (Å²) in [5.74, 6) is 0. The van der Waals surface area contributed by atoms with Crippen molar-refractivity contribution in [3.05, 3.63) is 18.0 Å². The van der Waals surface area contributed by atoms with E-state index in [1.807, 2.05) is 6.07 Å². The average molecular weight is 222 g/mol. The summed E-state index contributed by atoms with van der Waals surface area (Å²) >= 11 is 0. The molecule has 2 unspecified atom stereocenters. The average Bonchev–Trinajstić information content (AvgIpc) is 2.79. The zero-order valence-electron chi connectivity index (χ0n) is 10.2. The number of likely N-dealkylation sites (tertiary alicyclic amines) is 1. The molecule has 2 heterocycles. The first-order valence-electron chi connectivity index (χ1n) is 6.25. The van der Waals surface area contributed by atoms with Crippen LogP contribution in [0.2, 0.25) is 0 Å². The zero-order chi connectivity index (χ0) is 11.4. The maximum Gasteiger partial charge on any atom is 0.0490 e. The van der Waals surface area contributed by atoms with Gasteiger partial charge >= 0.3 is 0 Å². The van der Waals surface area contributed by atoms with Gasteiger partial charge in [-0.15, -0.1) is 0 Å². The molecule has 90 valence electrons. The summed E-state index contributed by atoms with van der Waals surface area (Å²) in [5.41, 5.74) is 1.17. The molecule has 1 aromatic rings. The van der Waals surface area contributed by atoms with Crippen molar-refractivity contribution in [1.29, 1.82) is 0 Å². The minimum Gasteiger partial charge on any atom is -0.308 e. The highest BCUT2D eigenvalue weighted by atomic mass is 15.2. The van der Waals surface area contributed by atoms with E-state index in [4.69, 9.17) is 0 Å². The van der Waals surface area contributed by atoms with E-state index in [1.54, 1.807) is 6.20 Å². The van der Waals surface area contributed by atoms with E-state index in [9.17, 15) is 0 Å². The summed E-state index contributed by atoms with van der Waals surface area (Å²) in [4.78, 5) is 2.55. The highest BCUT2D eigenvalue weighted by Gasteiger charge is 2.23. The summed E-state index contributed by atoms with van der Waals surface area (Å²) in [5, 5.41) is 10.5. The quantitative estimate of drug-likeness (QED) is 0.808. The first-order valence-corrected chi connectivity index (χ1v) is 6.25. The van der Waals surface area contributed by atoms with E-state index in [1.165, 1.54) is 31.6 Å². The minimum atomic E-state index is 0.654. The number of hydrogen-bond acceptors (Lipinski definition) is 3. The number of H-pyrrole nitrogens is 1. The Morgan fingerprint density at radius 3 is 3.12 bits per heavy atom. The number of piperidine rings is 1. The highest BCUT2D eigenvalue weighted by Crippen LogP contribution is 2.16. The van der Waals surface area contributed by atoms with E-state index in [-0.39, 0.29) is 0 Å². The molecule has 1 aromatic heterocycles. The molecule has 0 amide bonds. The molecule has 2 rings (SSSR count). The molecular formula is C12H22N4. The van der Waals surface area contributed by atoms with Gasteiger partial charge in [-0.05, 0) is 38.9 Å². The third kappa shape index (κ3) is 2.83. The second-order valence-corrected chi connectivity index (χ2v) is 4.66. The van der Waals surface area contributed by atoms with Gasteiger partial charge in [0.25, 0.3) is 0 Å². The van der Waals surface area contributed by atoms with Crippen molar-refractivity contribution >= 4 is 0 Å². The molecule has 1 fully saturated rings. The van der Waals surface area contributed by atoms with Gasteiger partial charge in [-0.3, -0.25) is 5.10 Å². The highest BCUT2D eigenvalue weighted by molar-refractivity contribution is 4.97. The van der Waals surface area contributed by atoms with Crippen molar-refractivity contribution < 1.29 is 0 Å². The summed E-state index contributed by atoms with van der Waals surface area (Å²) in [6, 6.07) is 3.39. The van der Waals surface area contributed by atoms with Gasteiger partial charge in [0.15, 0.2) is 0 Å². The van der Waals surface area contributed by atoms with Crippen LogP contribution >= 0.6 is 0 Å². The number of hydrogen-bond donors (Lipinski definition) is 2. The van der Waals surface area contributed by atoms with Crippen LogP contribution in [-0.4, -0.2) is 40.3 Å². The Bertz CT molecular complexity index is 296. The summed E-state index contributed by atoms with van der Waals surface area (Å²) in [7, 11) is 0. The first-order chi connectivity index (χ1) is 7.79. The Hall–Kier alpha value is -0.870. The van der Waals surface area contributed by atoms with Gasteiger partial charge in [-0.2, -0.15) is 5.10 Å². The van der Waals surface area contributed by atoms with Crippen LogP contribution in [0.1, 0.15) is 32.4 Å². The number of nitrogens with zero attached hydrogens (tertiary/aromatic N) is 2. The smallest absolute Gasteiger partial charge is 0.0490 e. The largest absolute Gasteiger partial charge is 0.308 e. The van der Waals surface area contributed by atoms with Crippen LogP contribution in [0.5, 0.6) is 0 Å². The van der Waals surface area contributed by atoms with E-state index in [0.717, 1.165) is 6.54 Å². The molecular weight excluding hydrogens is 200 g/mol. The lowest BCUT2D eigenvalue weighted by atomic mass is 9.98. The fourth-order valence-electron chi connectivity index (χ4n) is 2.51. The van der Waals surface area contributed by atoms with Crippen molar-refractivity contribution in [3.8, 4) is 0 Å². The Labute approximate surface area is 97.4 Å². The lowest BCUT2D eigenvalue weighted by molar-refractivity contribution is 0.142. The summed E-state index contributed by atoms with van der Waals surface area (Å²) < 4.78 is 0. The van der Waals surface area contributed by atoms with E-state index < -0.39 is 0 Å². The number of nitrogens with one attached hydrogen (secondary N) is 2. The second kappa shape index (κ2) is 5.46. The fourth-order valence-corrected chi connectivity index (χ4v) is 2.51. The number of rotatable bonds is 4. The maximum absolute atomic E-state index is 3.95. The van der Waals surface area contributed by atoms with Gasteiger partial charge < -0.3 is 10.2 Å². The zero-order valence-corrected chi connectivity index (χ0v) is 10.2. The van der Waals surface area contributed by atoms with Gasteiger partial charge in [0, 0.05) is 30.5 Å². The van der Waals surface area contributed by atoms with Gasteiger partial charge in [0.05, 0.1) is 0 Å². The van der Waals surface area contributed by atoms with Gasteiger partial charge in [-0.1, -0.05) is 6.92 Å². The Balaban J connectivity index is 1.75. The molecule has 4 nitrogen and oxygen atoms in total. The van der Waals surface area contributed by atoms with Crippen molar-refractivity contribution in [2.24, 2.45) is 0 Å². The van der Waals surface area contributed by atoms with Crippen molar-refractivity contribution in [1.82, 2.24) is 20.4 Å². The standard InChI is InChI=1S/C12H22N4/c1-3-16-7-5-11(8-10(16)2)13-9-12-4-6-14-15-12/h4,6,10-11,13H,3,5,7-9H2,1-2H3,(H,14,15). The molecule has 1 saturated heterocycles. The van der Waals surface area contributed by atoms with E-state index in [0.29, 0.717) is 12.1 Å². The molecule has 0 saturated carbocycles. The summed E-state index contributed by atoms with van der Waals surface area (Å²) in [6.45, 7) is 7.87. The van der Waals surface area contributed by atoms with Crippen LogP contribution < -0.4 is 5.32 Å². The van der Waals surface area contributed by atoms with Crippen molar-refractivity contribution in [2.75, 3.05) is 13.1 Å². The normalized spacial score (nSPS) is 27.1. The predicted molar refractivity (Wildman–Crippen MR) is 65.2 cm³/mol. The lowest BCUT2D eigenvalue weighted by Gasteiger charge is -2.37. The Kier molecular flexibility index (Phi) is 3.96. The maximum atomic E-state index is 3.95. The molecule has 2 atom stereocenters. The van der Waals surface area contributed by atoms with Crippen LogP contribution in [0.4, 0.5) is 0 Å². The molecule has 0 aromatic carbocycles. The van der Waals surface area contributed by atoms with Crippen molar-refractivity contribution in [3.63, 3.8) is 0 Å². The molecule has 2 N–H and O–H groups in total. The molecule has 0 spiro atoms. The lowest BCUT2D eigenvalue weighted by Crippen LogP contribution is -2.47. The van der Waals surface area contributed by atoms with Crippen LogP contribution in [0.3, 0.4) is 0 Å². The predicted octanol–water partition coefficient (Wildman–Crippen LogP) is 1.37. The van der Waals surface area contributed by atoms with Gasteiger partial charge in [0.1, 0.15) is 0 Å². The second-order valence-electron chi connectivity index (χ2n) is 4.66. The molecule has 1 aliphatic heterocycles. The molecule has 0 radical (unpaired) electrons. The molecule has 1 aliphatic rings. The Morgan fingerprint density at radius 2 is 2.50 bits per heavy atom. The number of aromatic nitrogens is 2.